The van der Waals surface area contributed by atoms with Gasteiger partial charge in [-0.2, -0.15) is 22.6 Å². The SMILES string of the molecule is C[C@H](NP(=O)(Oc1c(F)c(F)c(F)c(F)c1F)Oc1c(F)c(F)c(F)c(F)c1F)C(=O)O. The first-order valence-corrected chi connectivity index (χ1v) is 9.19. The zero-order chi connectivity index (χ0) is 24.7. The molecule has 32 heavy (non-hydrogen) atoms. The molecule has 0 spiro atoms. The van der Waals surface area contributed by atoms with Gasteiger partial charge in [0.15, 0.2) is 0 Å². The van der Waals surface area contributed by atoms with Crippen molar-refractivity contribution in [2.24, 2.45) is 0 Å². The molecule has 0 amide bonds. The van der Waals surface area contributed by atoms with Crippen LogP contribution < -0.4 is 14.1 Å². The van der Waals surface area contributed by atoms with Crippen LogP contribution >= 0.6 is 7.75 Å². The summed E-state index contributed by atoms with van der Waals surface area (Å²) in [4.78, 5) is 10.9. The number of halogens is 10. The number of carbonyl (C=O) groups is 1. The summed E-state index contributed by atoms with van der Waals surface area (Å²) in [5.74, 6) is -33.8. The van der Waals surface area contributed by atoms with Crippen LogP contribution in [0.15, 0.2) is 0 Å². The van der Waals surface area contributed by atoms with Crippen LogP contribution in [-0.2, 0) is 9.36 Å². The predicted molar refractivity (Wildman–Crippen MR) is 81.6 cm³/mol. The third-order valence-electron chi connectivity index (χ3n) is 3.48. The molecule has 0 unspecified atom stereocenters. The summed E-state index contributed by atoms with van der Waals surface area (Å²) in [5, 5.41) is 10.1. The normalized spacial score (nSPS) is 12.6. The first-order valence-electron chi connectivity index (χ1n) is 7.65. The van der Waals surface area contributed by atoms with Crippen molar-refractivity contribution < 1.29 is 67.4 Å². The number of nitrogens with one attached hydrogen (secondary N) is 1. The molecule has 2 aromatic rings. The van der Waals surface area contributed by atoms with Crippen LogP contribution in [0.3, 0.4) is 0 Å². The molecule has 2 aromatic carbocycles. The highest BCUT2D eigenvalue weighted by molar-refractivity contribution is 7.52. The molecule has 0 fully saturated rings. The quantitative estimate of drug-likeness (QED) is 0.248. The summed E-state index contributed by atoms with van der Waals surface area (Å²) in [6.45, 7) is 0.624. The molecular weight excluding hydrogens is 495 g/mol. The Morgan fingerprint density at radius 2 is 0.938 bits per heavy atom. The molecule has 0 radical (unpaired) electrons. The number of hydrogen-bond acceptors (Lipinski definition) is 4. The fourth-order valence-electron chi connectivity index (χ4n) is 1.93. The minimum Gasteiger partial charge on any atom is -0.480 e. The van der Waals surface area contributed by atoms with Gasteiger partial charge < -0.3 is 14.2 Å². The molecule has 0 aliphatic heterocycles. The number of aliphatic carboxylic acids is 1. The monoisotopic (exact) mass is 501 g/mol. The van der Waals surface area contributed by atoms with Crippen molar-refractivity contribution in [2.75, 3.05) is 0 Å². The average Bonchev–Trinajstić information content (AvgIpc) is 2.74. The van der Waals surface area contributed by atoms with E-state index in [4.69, 9.17) is 5.11 Å². The minimum absolute atomic E-state index is 0.624. The first kappa shape index (κ1) is 25.3. The van der Waals surface area contributed by atoms with Crippen molar-refractivity contribution in [1.82, 2.24) is 5.09 Å². The van der Waals surface area contributed by atoms with Crippen molar-refractivity contribution in [3.8, 4) is 11.5 Å². The van der Waals surface area contributed by atoms with Gasteiger partial charge in [0.05, 0.1) is 0 Å². The Labute approximate surface area is 169 Å². The number of benzene rings is 2. The number of carboxylic acid groups (broad SMARTS) is 1. The van der Waals surface area contributed by atoms with Gasteiger partial charge in [0.25, 0.3) is 0 Å². The van der Waals surface area contributed by atoms with Crippen LogP contribution in [0.5, 0.6) is 11.5 Å². The van der Waals surface area contributed by atoms with E-state index in [-0.39, 0.29) is 0 Å². The van der Waals surface area contributed by atoms with E-state index in [2.05, 4.69) is 9.05 Å². The maximum absolute atomic E-state index is 13.8. The maximum Gasteiger partial charge on any atom is 0.514 e. The van der Waals surface area contributed by atoms with E-state index in [1.54, 1.807) is 0 Å². The second kappa shape index (κ2) is 8.86. The van der Waals surface area contributed by atoms with E-state index in [1.165, 1.54) is 5.09 Å². The molecule has 0 heterocycles. The molecule has 0 saturated carbocycles. The van der Waals surface area contributed by atoms with E-state index in [1.807, 2.05) is 0 Å². The van der Waals surface area contributed by atoms with Crippen LogP contribution in [0.1, 0.15) is 6.92 Å². The Kier molecular flexibility index (Phi) is 6.99. The van der Waals surface area contributed by atoms with Crippen LogP contribution in [0, 0.1) is 58.2 Å². The fourth-order valence-corrected chi connectivity index (χ4v) is 3.46. The molecule has 6 nitrogen and oxygen atoms in total. The lowest BCUT2D eigenvalue weighted by molar-refractivity contribution is -0.138. The zero-order valence-corrected chi connectivity index (χ0v) is 15.8. The molecule has 0 aliphatic rings. The van der Waals surface area contributed by atoms with Crippen molar-refractivity contribution in [2.45, 2.75) is 13.0 Å². The Morgan fingerprint density at radius 3 is 1.19 bits per heavy atom. The first-order chi connectivity index (χ1) is 14.6. The Balaban J connectivity index is 2.69. The van der Waals surface area contributed by atoms with Crippen molar-refractivity contribution in [3.63, 3.8) is 0 Å². The van der Waals surface area contributed by atoms with E-state index in [0.717, 1.165) is 0 Å². The summed E-state index contributed by atoms with van der Waals surface area (Å²) < 4.78 is 156. The van der Waals surface area contributed by atoms with Crippen LogP contribution in [-0.4, -0.2) is 17.1 Å². The second-order valence-electron chi connectivity index (χ2n) is 5.67. The number of hydrogen-bond donors (Lipinski definition) is 2. The van der Waals surface area contributed by atoms with Gasteiger partial charge in [0.1, 0.15) is 6.04 Å². The topological polar surface area (TPSA) is 84.9 Å². The summed E-state index contributed by atoms with van der Waals surface area (Å²) in [5.41, 5.74) is 0. The van der Waals surface area contributed by atoms with Crippen molar-refractivity contribution >= 4 is 13.7 Å². The predicted octanol–water partition coefficient (Wildman–Crippen LogP) is 4.71. The molecule has 0 aliphatic carbocycles. The molecule has 2 N–H and O–H groups in total. The summed E-state index contributed by atoms with van der Waals surface area (Å²) >= 11 is 0. The Hall–Kier alpha value is -3.00. The molecule has 17 heteroatoms. The van der Waals surface area contributed by atoms with Crippen LogP contribution in [0.25, 0.3) is 0 Å². The van der Waals surface area contributed by atoms with E-state index in [0.29, 0.717) is 6.92 Å². The second-order valence-corrected chi connectivity index (χ2v) is 7.29. The molecule has 1 atom stereocenters. The molecule has 176 valence electrons. The largest absolute Gasteiger partial charge is 0.514 e. The standard InChI is InChI=1S/C15H6F10NO5P/c1-2(15(27)28)26-32(29,30-13-9(22)5(18)3(16)6(19)10(13)23)31-14-11(24)7(20)4(17)8(21)12(14)25/h2H,1H3,(H,26,29)(H,27,28)/t2-/m0/s1. The third kappa shape index (κ3) is 4.46. The van der Waals surface area contributed by atoms with Gasteiger partial charge in [-0.1, -0.05) is 0 Å². The van der Waals surface area contributed by atoms with E-state index < -0.39 is 89.4 Å². The zero-order valence-electron chi connectivity index (χ0n) is 14.9. The molecule has 0 saturated heterocycles. The van der Waals surface area contributed by atoms with E-state index in [9.17, 15) is 53.3 Å². The third-order valence-corrected chi connectivity index (χ3v) is 5.03. The van der Waals surface area contributed by atoms with Gasteiger partial charge in [-0.05, 0) is 6.92 Å². The van der Waals surface area contributed by atoms with E-state index >= 15 is 0 Å². The number of carboxylic acids is 1. The van der Waals surface area contributed by atoms with Gasteiger partial charge >= 0.3 is 13.7 Å². The van der Waals surface area contributed by atoms with Crippen molar-refractivity contribution in [3.05, 3.63) is 58.2 Å². The Morgan fingerprint density at radius 1 is 0.688 bits per heavy atom. The Bertz CT molecular complexity index is 1030. The average molecular weight is 501 g/mol. The van der Waals surface area contributed by atoms with Gasteiger partial charge in [-0.3, -0.25) is 4.79 Å². The molecule has 2 rings (SSSR count). The summed E-state index contributed by atoms with van der Waals surface area (Å²) in [6.07, 6.45) is 0. The lowest BCUT2D eigenvalue weighted by Gasteiger charge is -2.23. The molecular formula is C15H6F10NO5P. The minimum atomic E-state index is -5.99. The highest BCUT2D eigenvalue weighted by Crippen LogP contribution is 2.49. The highest BCUT2D eigenvalue weighted by atomic mass is 31.2. The van der Waals surface area contributed by atoms with Crippen molar-refractivity contribution in [1.29, 1.82) is 0 Å². The van der Waals surface area contributed by atoms with Crippen LogP contribution in [0.2, 0.25) is 0 Å². The van der Waals surface area contributed by atoms with Crippen LogP contribution in [0.4, 0.5) is 43.9 Å². The summed E-state index contributed by atoms with van der Waals surface area (Å²) in [7, 11) is -5.99. The fraction of sp³-hybridized carbons (Fsp3) is 0.133. The van der Waals surface area contributed by atoms with Gasteiger partial charge in [-0.15, -0.1) is 0 Å². The van der Waals surface area contributed by atoms with Gasteiger partial charge in [-0.25, -0.2) is 30.9 Å². The lowest BCUT2D eigenvalue weighted by Crippen LogP contribution is -2.34. The van der Waals surface area contributed by atoms with Gasteiger partial charge in [0, 0.05) is 0 Å². The smallest absolute Gasteiger partial charge is 0.480 e. The lowest BCUT2D eigenvalue weighted by atomic mass is 10.3. The highest BCUT2D eigenvalue weighted by Gasteiger charge is 2.40. The summed E-state index contributed by atoms with van der Waals surface area (Å²) in [6, 6.07) is -2.15. The molecule has 0 aromatic heterocycles. The van der Waals surface area contributed by atoms with Gasteiger partial charge in [0.2, 0.25) is 69.7 Å². The number of rotatable bonds is 7. The maximum atomic E-state index is 13.8. The molecule has 0 bridgehead atoms.